The lowest BCUT2D eigenvalue weighted by molar-refractivity contribution is -0.183. The molecular formula is C42H54N4O8. The van der Waals surface area contributed by atoms with Crippen molar-refractivity contribution in [3.63, 3.8) is 0 Å². The molecule has 3 saturated carbocycles. The number of hydroxylamine groups is 2. The van der Waals surface area contributed by atoms with Crippen LogP contribution in [0.15, 0.2) is 54.6 Å². The van der Waals surface area contributed by atoms with Gasteiger partial charge in [-0.15, -0.1) is 0 Å². The standard InChI is InChI=1S/C42H54N4O8/c1-23-32-17-29(42(32,3)4)18-33(23)44-41(50)38-37(24(2)48)36(21-47)54-46(38)20-26-9-8-10-31(39(26)51-7)27-14-28(16-30(15-27)45(5)6)40(49)43-19-25-11-12-34-35(13-25)53-22-52-34/h8-16,23-24,29,32-33,36-38,47-48H,17-22H2,1-7H3,(H,43,49)(H,44,50)/t23-,24-,29+,32-,33-,36-,37-,38-/m0/s1. The van der Waals surface area contributed by atoms with Gasteiger partial charge in [-0.05, 0) is 84.4 Å². The molecule has 3 aromatic rings. The maximum atomic E-state index is 14.2. The van der Waals surface area contributed by atoms with E-state index in [-0.39, 0.29) is 43.2 Å². The molecule has 4 fully saturated rings. The number of hydrogen-bond acceptors (Lipinski definition) is 10. The van der Waals surface area contributed by atoms with Crippen molar-refractivity contribution in [3.8, 4) is 28.4 Å². The predicted octanol–water partition coefficient (Wildman–Crippen LogP) is 4.75. The lowest BCUT2D eigenvalue weighted by Crippen LogP contribution is -2.62. The van der Waals surface area contributed by atoms with E-state index in [1.54, 1.807) is 19.1 Å². The summed E-state index contributed by atoms with van der Waals surface area (Å²) < 4.78 is 17.0. The van der Waals surface area contributed by atoms with Crippen molar-refractivity contribution < 1.29 is 38.9 Å². The molecule has 8 atom stereocenters. The molecule has 2 amide bonds. The van der Waals surface area contributed by atoms with Crippen molar-refractivity contribution >= 4 is 17.5 Å². The Kier molecular flexibility index (Phi) is 10.6. The van der Waals surface area contributed by atoms with Crippen LogP contribution in [0.5, 0.6) is 17.2 Å². The van der Waals surface area contributed by atoms with Crippen LogP contribution in [0.3, 0.4) is 0 Å². The molecule has 54 heavy (non-hydrogen) atoms. The summed E-state index contributed by atoms with van der Waals surface area (Å²) in [6.45, 7) is 8.84. The van der Waals surface area contributed by atoms with E-state index >= 15 is 0 Å². The Balaban J connectivity index is 1.14. The van der Waals surface area contributed by atoms with Crippen molar-refractivity contribution in [2.24, 2.45) is 29.1 Å². The zero-order valence-electron chi connectivity index (χ0n) is 32.3. The summed E-state index contributed by atoms with van der Waals surface area (Å²) in [5, 5.41) is 29.3. The number of nitrogens with zero attached hydrogens (tertiary/aromatic N) is 2. The van der Waals surface area contributed by atoms with E-state index < -0.39 is 24.2 Å². The smallest absolute Gasteiger partial charge is 0.251 e. The molecule has 8 rings (SSSR count). The molecule has 3 aliphatic carbocycles. The molecule has 0 spiro atoms. The monoisotopic (exact) mass is 742 g/mol. The van der Waals surface area contributed by atoms with Crippen LogP contribution in [0.25, 0.3) is 11.1 Å². The van der Waals surface area contributed by atoms with Crippen LogP contribution in [-0.4, -0.2) is 86.0 Å². The van der Waals surface area contributed by atoms with Gasteiger partial charge in [-0.3, -0.25) is 14.4 Å². The number of fused-ring (bicyclic) bond motifs is 3. The fraction of sp³-hybridized carbons (Fsp3) is 0.524. The zero-order valence-corrected chi connectivity index (χ0v) is 32.3. The normalized spacial score (nSPS) is 27.2. The van der Waals surface area contributed by atoms with Gasteiger partial charge in [0.25, 0.3) is 5.91 Å². The van der Waals surface area contributed by atoms with E-state index in [0.29, 0.717) is 47.1 Å². The van der Waals surface area contributed by atoms with Gasteiger partial charge in [0, 0.05) is 55.0 Å². The van der Waals surface area contributed by atoms with Crippen LogP contribution in [-0.2, 0) is 22.7 Å². The Morgan fingerprint density at radius 3 is 2.54 bits per heavy atom. The van der Waals surface area contributed by atoms with Gasteiger partial charge in [-0.2, -0.15) is 5.06 Å². The number of benzene rings is 3. The summed E-state index contributed by atoms with van der Waals surface area (Å²) in [4.78, 5) is 36.1. The van der Waals surface area contributed by atoms with Gasteiger partial charge in [-0.1, -0.05) is 45.0 Å². The van der Waals surface area contributed by atoms with Gasteiger partial charge < -0.3 is 40.0 Å². The molecule has 0 radical (unpaired) electrons. The number of rotatable bonds is 12. The first-order valence-corrected chi connectivity index (χ1v) is 19.0. The minimum absolute atomic E-state index is 0.0317. The zero-order chi connectivity index (χ0) is 38.5. The SMILES string of the molecule is COc1c(CN2O[C@@H](CO)[C@H]([C@H](C)O)[C@H]2C(=O)N[C@H]2C[C@H]3C[C@@H]([C@@H]2C)C3(C)C)cccc1-c1cc(C(=O)NCc2ccc3c(c2)OCO3)cc(N(C)C)c1. The molecule has 5 aliphatic rings. The Bertz CT molecular complexity index is 1880. The second-order valence-corrected chi connectivity index (χ2v) is 16.3. The molecule has 3 aromatic carbocycles. The highest BCUT2D eigenvalue weighted by Crippen LogP contribution is 2.61. The number of amides is 2. The number of anilines is 1. The van der Waals surface area contributed by atoms with Gasteiger partial charge in [0.15, 0.2) is 11.5 Å². The Morgan fingerprint density at radius 2 is 1.85 bits per heavy atom. The number of hydrogen-bond donors (Lipinski definition) is 4. The molecule has 4 N–H and O–H groups in total. The minimum atomic E-state index is -0.907. The van der Waals surface area contributed by atoms with E-state index in [1.807, 2.05) is 73.6 Å². The number of aliphatic hydroxyl groups excluding tert-OH is 2. The number of ether oxygens (including phenoxy) is 3. The summed E-state index contributed by atoms with van der Waals surface area (Å²) in [6.07, 6.45) is 0.452. The van der Waals surface area contributed by atoms with Gasteiger partial charge in [0.1, 0.15) is 17.9 Å². The molecule has 1 saturated heterocycles. The van der Waals surface area contributed by atoms with Crippen LogP contribution in [0.1, 0.15) is 62.0 Å². The Morgan fingerprint density at radius 1 is 1.07 bits per heavy atom. The average Bonchev–Trinajstić information content (AvgIpc) is 3.78. The highest BCUT2D eigenvalue weighted by molar-refractivity contribution is 5.97. The maximum Gasteiger partial charge on any atom is 0.251 e. The third kappa shape index (κ3) is 7.00. The lowest BCUT2D eigenvalue weighted by atomic mass is 9.45. The van der Waals surface area contributed by atoms with E-state index in [9.17, 15) is 19.8 Å². The molecule has 290 valence electrons. The number of para-hydroxylation sites is 1. The largest absolute Gasteiger partial charge is 0.496 e. The van der Waals surface area contributed by atoms with Gasteiger partial charge in [0.2, 0.25) is 12.7 Å². The van der Waals surface area contributed by atoms with Gasteiger partial charge >= 0.3 is 0 Å². The molecule has 12 nitrogen and oxygen atoms in total. The lowest BCUT2D eigenvalue weighted by Gasteiger charge is -2.62. The fourth-order valence-electron chi connectivity index (χ4n) is 9.32. The van der Waals surface area contributed by atoms with Crippen molar-refractivity contribution in [2.75, 3.05) is 39.5 Å². The topological polar surface area (TPSA) is 142 Å². The first kappa shape index (κ1) is 37.9. The summed E-state index contributed by atoms with van der Waals surface area (Å²) >= 11 is 0. The number of methoxy groups -OCH3 is 1. The molecule has 2 aliphatic heterocycles. The van der Waals surface area contributed by atoms with Crippen molar-refractivity contribution in [1.82, 2.24) is 15.7 Å². The average molecular weight is 743 g/mol. The van der Waals surface area contributed by atoms with Crippen molar-refractivity contribution in [3.05, 3.63) is 71.3 Å². The molecule has 0 aromatic heterocycles. The number of aliphatic hydroxyl groups is 2. The van der Waals surface area contributed by atoms with Gasteiger partial charge in [-0.25, -0.2) is 0 Å². The van der Waals surface area contributed by atoms with Crippen LogP contribution in [0.4, 0.5) is 5.69 Å². The highest BCUT2D eigenvalue weighted by atomic mass is 16.7. The first-order valence-electron chi connectivity index (χ1n) is 19.0. The number of carbonyl (C=O) groups is 2. The van der Waals surface area contributed by atoms with Crippen LogP contribution >= 0.6 is 0 Å². The van der Waals surface area contributed by atoms with Crippen LogP contribution in [0.2, 0.25) is 0 Å². The van der Waals surface area contributed by atoms with Gasteiger partial charge in [0.05, 0.1) is 26.4 Å². The summed E-state index contributed by atoms with van der Waals surface area (Å²) in [5.41, 5.74) is 4.74. The third-order valence-corrected chi connectivity index (χ3v) is 12.6. The van der Waals surface area contributed by atoms with E-state index in [2.05, 4.69) is 31.4 Å². The van der Waals surface area contributed by atoms with E-state index in [1.165, 1.54) is 6.42 Å². The minimum Gasteiger partial charge on any atom is -0.496 e. The Hall–Kier alpha value is -4.36. The van der Waals surface area contributed by atoms with E-state index in [4.69, 9.17) is 19.0 Å². The summed E-state index contributed by atoms with van der Waals surface area (Å²) in [5.74, 6) is 2.25. The molecule has 2 heterocycles. The third-order valence-electron chi connectivity index (χ3n) is 12.6. The molecule has 0 unspecified atom stereocenters. The van der Waals surface area contributed by atoms with Crippen molar-refractivity contribution in [1.29, 1.82) is 0 Å². The summed E-state index contributed by atoms with van der Waals surface area (Å²) in [7, 11) is 5.44. The van der Waals surface area contributed by atoms with Crippen molar-refractivity contribution in [2.45, 2.75) is 77.9 Å². The molecule has 12 heteroatoms. The Labute approximate surface area is 317 Å². The fourth-order valence-corrected chi connectivity index (χ4v) is 9.32. The first-order chi connectivity index (χ1) is 25.8. The maximum absolute atomic E-state index is 14.2. The second-order valence-electron chi connectivity index (χ2n) is 16.3. The van der Waals surface area contributed by atoms with Crippen LogP contribution < -0.4 is 29.7 Å². The molecule has 2 bridgehead atoms. The number of carbonyl (C=O) groups excluding carboxylic acids is 2. The molecular weight excluding hydrogens is 688 g/mol. The number of nitrogens with one attached hydrogen (secondary N) is 2. The summed E-state index contributed by atoms with van der Waals surface area (Å²) in [6, 6.07) is 16.2. The highest BCUT2D eigenvalue weighted by Gasteiger charge is 2.57. The second kappa shape index (κ2) is 15.1. The van der Waals surface area contributed by atoms with Crippen LogP contribution in [0, 0.1) is 29.1 Å². The van der Waals surface area contributed by atoms with E-state index in [0.717, 1.165) is 34.4 Å². The quantitative estimate of drug-likeness (QED) is 0.206. The predicted molar refractivity (Wildman–Crippen MR) is 204 cm³/mol.